The second-order valence-electron chi connectivity index (χ2n) is 5.40. The number of hydrogen-bond donors (Lipinski definition) is 2. The predicted molar refractivity (Wildman–Crippen MR) is 61.5 cm³/mol. The summed E-state index contributed by atoms with van der Waals surface area (Å²) in [5, 5.41) is 7.19. The normalized spacial score (nSPS) is 39.8. The zero-order valence-electron chi connectivity index (χ0n) is 9.92. The first-order chi connectivity index (χ1) is 7.07. The zero-order valence-corrected chi connectivity index (χ0v) is 9.92. The summed E-state index contributed by atoms with van der Waals surface area (Å²) in [7, 11) is 0. The lowest BCUT2D eigenvalue weighted by Gasteiger charge is -2.44. The van der Waals surface area contributed by atoms with Crippen LogP contribution in [0.15, 0.2) is 12.3 Å². The van der Waals surface area contributed by atoms with Gasteiger partial charge in [-0.3, -0.25) is 10.6 Å². The molecule has 3 heteroatoms. The molecule has 0 aromatic heterocycles. The van der Waals surface area contributed by atoms with Crippen LogP contribution in [-0.4, -0.2) is 23.9 Å². The molecule has 0 unspecified atom stereocenters. The summed E-state index contributed by atoms with van der Waals surface area (Å²) in [6.45, 7) is 6.76. The van der Waals surface area contributed by atoms with Gasteiger partial charge in [-0.25, -0.2) is 0 Å². The molecule has 1 saturated heterocycles. The molecule has 0 bridgehead atoms. The van der Waals surface area contributed by atoms with Gasteiger partial charge in [0.15, 0.2) is 0 Å². The Kier molecular flexibility index (Phi) is 3.03. The van der Waals surface area contributed by atoms with Gasteiger partial charge in [0, 0.05) is 11.6 Å². The molecule has 3 atom stereocenters. The van der Waals surface area contributed by atoms with Gasteiger partial charge in [-0.1, -0.05) is 0 Å². The van der Waals surface area contributed by atoms with Gasteiger partial charge in [-0.05, 0) is 46.1 Å². The minimum atomic E-state index is 0.208. The van der Waals surface area contributed by atoms with E-state index < -0.39 is 0 Å². The molecule has 2 rings (SSSR count). The van der Waals surface area contributed by atoms with E-state index in [1.165, 1.54) is 0 Å². The van der Waals surface area contributed by atoms with Crippen LogP contribution < -0.4 is 10.6 Å². The fourth-order valence-electron chi connectivity index (χ4n) is 2.65. The maximum atomic E-state index is 5.65. The third kappa shape index (κ3) is 2.73. The molecule has 0 aromatic carbocycles. The maximum absolute atomic E-state index is 5.65. The minimum absolute atomic E-state index is 0.208. The van der Waals surface area contributed by atoms with Crippen LogP contribution in [0.4, 0.5) is 0 Å². The van der Waals surface area contributed by atoms with Crippen LogP contribution >= 0.6 is 0 Å². The quantitative estimate of drug-likeness (QED) is 0.692. The van der Waals surface area contributed by atoms with E-state index in [4.69, 9.17) is 4.74 Å². The molecule has 0 aliphatic carbocycles. The summed E-state index contributed by atoms with van der Waals surface area (Å²) in [6.07, 6.45) is 7.87. The third-order valence-electron chi connectivity index (χ3n) is 3.17. The van der Waals surface area contributed by atoms with Crippen LogP contribution in [0, 0.1) is 0 Å². The van der Waals surface area contributed by atoms with E-state index in [-0.39, 0.29) is 17.8 Å². The Balaban J connectivity index is 1.99. The first-order valence-electron chi connectivity index (χ1n) is 5.91. The molecule has 2 N–H and O–H groups in total. The topological polar surface area (TPSA) is 33.3 Å². The predicted octanol–water partition coefficient (Wildman–Crippen LogP) is 1.76. The molecule has 0 spiro atoms. The first kappa shape index (κ1) is 11.0. The second kappa shape index (κ2) is 4.14. The molecule has 3 nitrogen and oxygen atoms in total. The van der Waals surface area contributed by atoms with Crippen molar-refractivity contribution in [3.8, 4) is 0 Å². The summed E-state index contributed by atoms with van der Waals surface area (Å²) < 4.78 is 5.65. The van der Waals surface area contributed by atoms with Crippen LogP contribution in [0.1, 0.15) is 40.0 Å². The van der Waals surface area contributed by atoms with Crippen LogP contribution in [0.5, 0.6) is 0 Å². The Morgan fingerprint density at radius 2 is 2.20 bits per heavy atom. The van der Waals surface area contributed by atoms with E-state index in [1.807, 2.05) is 6.26 Å². The first-order valence-corrected chi connectivity index (χ1v) is 5.91. The van der Waals surface area contributed by atoms with E-state index in [1.54, 1.807) is 0 Å². The van der Waals surface area contributed by atoms with E-state index in [2.05, 4.69) is 37.5 Å². The van der Waals surface area contributed by atoms with Crippen molar-refractivity contribution < 1.29 is 4.74 Å². The van der Waals surface area contributed by atoms with Crippen LogP contribution in [0.3, 0.4) is 0 Å². The number of allylic oxidation sites excluding steroid dienone is 1. The Morgan fingerprint density at radius 3 is 2.80 bits per heavy atom. The Bertz CT molecular complexity index is 250. The van der Waals surface area contributed by atoms with E-state index in [0.717, 1.165) is 19.3 Å². The molecule has 0 aromatic rings. The van der Waals surface area contributed by atoms with Crippen molar-refractivity contribution in [3.05, 3.63) is 12.3 Å². The van der Waals surface area contributed by atoms with Crippen molar-refractivity contribution in [1.29, 1.82) is 0 Å². The third-order valence-corrected chi connectivity index (χ3v) is 3.17. The van der Waals surface area contributed by atoms with E-state index in [0.29, 0.717) is 6.04 Å². The van der Waals surface area contributed by atoms with Gasteiger partial charge in [-0.2, -0.15) is 0 Å². The van der Waals surface area contributed by atoms with Gasteiger partial charge in [0.05, 0.1) is 12.4 Å². The highest BCUT2D eigenvalue weighted by Crippen LogP contribution is 2.22. The van der Waals surface area contributed by atoms with Gasteiger partial charge in [0.2, 0.25) is 0 Å². The molecule has 2 aliphatic heterocycles. The molecule has 2 heterocycles. The molecular formula is C12H22N2O. The van der Waals surface area contributed by atoms with E-state index in [9.17, 15) is 0 Å². The second-order valence-corrected chi connectivity index (χ2v) is 5.40. The number of hydrogen-bond acceptors (Lipinski definition) is 3. The van der Waals surface area contributed by atoms with Gasteiger partial charge in [-0.15, -0.1) is 0 Å². The lowest BCUT2D eigenvalue weighted by atomic mass is 9.91. The average Bonchev–Trinajstić information content (AvgIpc) is 2.16. The molecule has 0 saturated carbocycles. The highest BCUT2D eigenvalue weighted by molar-refractivity contribution is 4.96. The van der Waals surface area contributed by atoms with Gasteiger partial charge in [0.1, 0.15) is 6.10 Å². The SMILES string of the molecule is C[C@H]1CC(C)(C)N[C@H]([C@@H]2CCC=CO2)N1. The molecule has 86 valence electrons. The molecule has 2 aliphatic rings. The zero-order chi connectivity index (χ0) is 10.9. The molecule has 0 radical (unpaired) electrons. The number of ether oxygens (including phenoxy) is 1. The Hall–Kier alpha value is -0.540. The molecule has 0 amide bonds. The standard InChI is InChI=1S/C12H22N2O/c1-9-8-12(2,3)14-11(13-9)10-6-4-5-7-15-10/h5,7,9-11,13-14H,4,6,8H2,1-3H3/t9-,10-,11+/m0/s1. The van der Waals surface area contributed by atoms with Crippen LogP contribution in [-0.2, 0) is 4.74 Å². The maximum Gasteiger partial charge on any atom is 0.126 e. The van der Waals surface area contributed by atoms with Crippen molar-refractivity contribution in [2.45, 2.75) is 63.9 Å². The molecular weight excluding hydrogens is 188 g/mol. The molecule has 1 fully saturated rings. The van der Waals surface area contributed by atoms with Crippen molar-refractivity contribution >= 4 is 0 Å². The largest absolute Gasteiger partial charge is 0.495 e. The summed E-state index contributed by atoms with van der Waals surface area (Å²) >= 11 is 0. The Labute approximate surface area is 92.3 Å². The highest BCUT2D eigenvalue weighted by Gasteiger charge is 2.35. The van der Waals surface area contributed by atoms with Crippen LogP contribution in [0.2, 0.25) is 0 Å². The van der Waals surface area contributed by atoms with Crippen molar-refractivity contribution in [2.24, 2.45) is 0 Å². The average molecular weight is 210 g/mol. The fraction of sp³-hybridized carbons (Fsp3) is 0.833. The summed E-state index contributed by atoms with van der Waals surface area (Å²) in [4.78, 5) is 0. The monoisotopic (exact) mass is 210 g/mol. The van der Waals surface area contributed by atoms with Gasteiger partial charge < -0.3 is 4.74 Å². The fourth-order valence-corrected chi connectivity index (χ4v) is 2.65. The van der Waals surface area contributed by atoms with Gasteiger partial charge in [0.25, 0.3) is 0 Å². The highest BCUT2D eigenvalue weighted by atomic mass is 16.5. The lowest BCUT2D eigenvalue weighted by molar-refractivity contribution is 0.0346. The van der Waals surface area contributed by atoms with E-state index >= 15 is 0 Å². The Morgan fingerprint density at radius 1 is 1.40 bits per heavy atom. The molecule has 15 heavy (non-hydrogen) atoms. The van der Waals surface area contributed by atoms with Crippen molar-refractivity contribution in [2.75, 3.05) is 0 Å². The van der Waals surface area contributed by atoms with Gasteiger partial charge >= 0.3 is 0 Å². The minimum Gasteiger partial charge on any atom is -0.495 e. The smallest absolute Gasteiger partial charge is 0.126 e. The summed E-state index contributed by atoms with van der Waals surface area (Å²) in [6, 6.07) is 0.556. The summed E-state index contributed by atoms with van der Waals surface area (Å²) in [5.74, 6) is 0. The number of rotatable bonds is 1. The van der Waals surface area contributed by atoms with Crippen molar-refractivity contribution in [3.63, 3.8) is 0 Å². The van der Waals surface area contributed by atoms with Crippen LogP contribution in [0.25, 0.3) is 0 Å². The number of nitrogens with one attached hydrogen (secondary N) is 2. The lowest BCUT2D eigenvalue weighted by Crippen LogP contribution is -2.66. The summed E-state index contributed by atoms with van der Waals surface area (Å²) in [5.41, 5.74) is 0.208. The van der Waals surface area contributed by atoms with Crippen molar-refractivity contribution in [1.82, 2.24) is 10.6 Å².